The molecule has 2 aromatic heterocycles. The molecule has 0 unspecified atom stereocenters. The predicted octanol–water partition coefficient (Wildman–Crippen LogP) is 5.10. The number of thiazole rings is 1. The van der Waals surface area contributed by atoms with Gasteiger partial charge >= 0.3 is 0 Å². The number of nitro benzene ring substituents is 1. The summed E-state index contributed by atoms with van der Waals surface area (Å²) in [7, 11) is 0. The minimum atomic E-state index is -0.414. The zero-order valence-corrected chi connectivity index (χ0v) is 15.5. The third-order valence-corrected chi connectivity index (χ3v) is 5.84. The van der Waals surface area contributed by atoms with Crippen molar-refractivity contribution >= 4 is 55.3 Å². The van der Waals surface area contributed by atoms with Crippen molar-refractivity contribution in [1.82, 2.24) is 4.98 Å². The van der Waals surface area contributed by atoms with E-state index in [2.05, 4.69) is 26.2 Å². The molecule has 0 fully saturated rings. The minimum Gasteiger partial charge on any atom is -0.297 e. The summed E-state index contributed by atoms with van der Waals surface area (Å²) in [6, 6.07) is 6.76. The van der Waals surface area contributed by atoms with Gasteiger partial charge in [-0.25, -0.2) is 4.98 Å². The first-order valence-corrected chi connectivity index (χ1v) is 9.26. The van der Waals surface area contributed by atoms with E-state index < -0.39 is 4.92 Å². The summed E-state index contributed by atoms with van der Waals surface area (Å²) >= 11 is 5.92. The Morgan fingerprint density at radius 2 is 2.12 bits per heavy atom. The van der Waals surface area contributed by atoms with E-state index in [1.165, 1.54) is 28.7 Å². The second-order valence-corrected chi connectivity index (χ2v) is 7.48. The van der Waals surface area contributed by atoms with Crippen molar-refractivity contribution in [3.05, 3.63) is 60.1 Å². The van der Waals surface area contributed by atoms with Crippen molar-refractivity contribution in [3.8, 4) is 11.3 Å². The number of nitro groups is 1. The zero-order chi connectivity index (χ0) is 17.3. The molecule has 3 rings (SSSR count). The number of nitrogens with zero attached hydrogens (tertiary/aromatic N) is 2. The van der Waals surface area contributed by atoms with E-state index in [0.717, 1.165) is 4.47 Å². The number of hydrogen-bond donors (Lipinski definition) is 1. The van der Waals surface area contributed by atoms with E-state index in [1.807, 2.05) is 5.38 Å². The number of anilines is 1. The molecule has 3 aromatic rings. The summed E-state index contributed by atoms with van der Waals surface area (Å²) in [6.45, 7) is 1.69. The van der Waals surface area contributed by atoms with Gasteiger partial charge in [-0.05, 0) is 34.3 Å². The molecule has 1 aromatic carbocycles. The summed E-state index contributed by atoms with van der Waals surface area (Å²) in [6.07, 6.45) is 0. The van der Waals surface area contributed by atoms with Crippen molar-refractivity contribution in [3.63, 3.8) is 0 Å². The van der Waals surface area contributed by atoms with Crippen LogP contribution in [-0.4, -0.2) is 15.8 Å². The topological polar surface area (TPSA) is 85.1 Å². The van der Waals surface area contributed by atoms with Crippen molar-refractivity contribution in [2.75, 3.05) is 5.32 Å². The quantitative estimate of drug-likeness (QED) is 0.466. The molecular formula is C15H10BrN3O3S2. The Morgan fingerprint density at radius 3 is 2.79 bits per heavy atom. The van der Waals surface area contributed by atoms with E-state index in [1.54, 1.807) is 30.5 Å². The SMILES string of the molecule is Cc1ccc(-c2csc(NC(=O)c3sccc3Br)n2)cc1[N+](=O)[O-]. The standard InChI is InChI=1S/C15H10BrN3O3S2/c1-8-2-3-9(6-12(8)19(21)22)11-7-24-15(17-11)18-14(20)13-10(16)4-5-23-13/h2-7H,1H3,(H,17,18,20). The van der Waals surface area contributed by atoms with Gasteiger partial charge in [0.15, 0.2) is 5.13 Å². The van der Waals surface area contributed by atoms with Crippen LogP contribution in [0, 0.1) is 17.0 Å². The fraction of sp³-hybridized carbons (Fsp3) is 0.0667. The van der Waals surface area contributed by atoms with Gasteiger partial charge in [-0.15, -0.1) is 22.7 Å². The highest BCUT2D eigenvalue weighted by atomic mass is 79.9. The fourth-order valence-electron chi connectivity index (χ4n) is 2.04. The van der Waals surface area contributed by atoms with Crippen molar-refractivity contribution < 1.29 is 9.72 Å². The number of nitrogens with one attached hydrogen (secondary N) is 1. The molecule has 0 aliphatic heterocycles. The van der Waals surface area contributed by atoms with E-state index in [4.69, 9.17) is 0 Å². The molecule has 1 N–H and O–H groups in total. The molecule has 9 heteroatoms. The highest BCUT2D eigenvalue weighted by Crippen LogP contribution is 2.30. The highest BCUT2D eigenvalue weighted by Gasteiger charge is 2.16. The third kappa shape index (κ3) is 3.37. The van der Waals surface area contributed by atoms with Gasteiger partial charge < -0.3 is 0 Å². The molecule has 0 spiro atoms. The first-order chi connectivity index (χ1) is 11.5. The van der Waals surface area contributed by atoms with Gasteiger partial charge in [0.05, 0.1) is 10.6 Å². The maximum Gasteiger partial charge on any atom is 0.272 e. The van der Waals surface area contributed by atoms with Crippen LogP contribution in [0.4, 0.5) is 10.8 Å². The Hall–Kier alpha value is -2.10. The lowest BCUT2D eigenvalue weighted by Gasteiger charge is -2.01. The molecule has 24 heavy (non-hydrogen) atoms. The van der Waals surface area contributed by atoms with Crippen LogP contribution in [0.2, 0.25) is 0 Å². The monoisotopic (exact) mass is 423 g/mol. The first-order valence-electron chi connectivity index (χ1n) is 6.71. The predicted molar refractivity (Wildman–Crippen MR) is 98.9 cm³/mol. The van der Waals surface area contributed by atoms with Crippen molar-refractivity contribution in [2.45, 2.75) is 6.92 Å². The van der Waals surface area contributed by atoms with Gasteiger partial charge in [0, 0.05) is 27.0 Å². The molecule has 0 aliphatic rings. The normalized spacial score (nSPS) is 10.6. The Morgan fingerprint density at radius 1 is 1.33 bits per heavy atom. The number of aryl methyl sites for hydroxylation is 1. The largest absolute Gasteiger partial charge is 0.297 e. The second-order valence-electron chi connectivity index (χ2n) is 4.85. The summed E-state index contributed by atoms with van der Waals surface area (Å²) in [5.41, 5.74) is 1.87. The van der Waals surface area contributed by atoms with Crippen LogP contribution in [0.1, 0.15) is 15.2 Å². The molecule has 2 heterocycles. The summed E-state index contributed by atoms with van der Waals surface area (Å²) in [5.74, 6) is -0.243. The van der Waals surface area contributed by atoms with Crippen LogP contribution in [-0.2, 0) is 0 Å². The molecule has 1 amide bonds. The summed E-state index contributed by atoms with van der Waals surface area (Å²) < 4.78 is 0.732. The maximum atomic E-state index is 12.2. The van der Waals surface area contributed by atoms with Crippen LogP contribution < -0.4 is 5.32 Å². The second kappa shape index (κ2) is 6.80. The molecule has 6 nitrogen and oxygen atoms in total. The third-order valence-electron chi connectivity index (χ3n) is 3.25. The average Bonchev–Trinajstić information content (AvgIpc) is 3.16. The van der Waals surface area contributed by atoms with E-state index in [0.29, 0.717) is 26.8 Å². The van der Waals surface area contributed by atoms with E-state index >= 15 is 0 Å². The van der Waals surface area contributed by atoms with E-state index in [-0.39, 0.29) is 11.6 Å². The number of amides is 1. The average molecular weight is 424 g/mol. The number of aromatic nitrogens is 1. The number of carbonyl (C=O) groups is 1. The van der Waals surface area contributed by atoms with Gasteiger partial charge in [0.1, 0.15) is 4.88 Å². The molecular weight excluding hydrogens is 414 g/mol. The Labute approximate surface area is 153 Å². The van der Waals surface area contributed by atoms with Gasteiger partial charge in [-0.1, -0.05) is 12.1 Å². The number of benzene rings is 1. The molecule has 0 saturated heterocycles. The summed E-state index contributed by atoms with van der Waals surface area (Å²) in [5, 5.41) is 17.8. The number of thiophene rings is 1. The molecule has 0 saturated carbocycles. The van der Waals surface area contributed by atoms with Gasteiger partial charge in [-0.2, -0.15) is 0 Å². The van der Waals surface area contributed by atoms with Crippen LogP contribution in [0.3, 0.4) is 0 Å². The lowest BCUT2D eigenvalue weighted by atomic mass is 10.1. The number of halogens is 1. The molecule has 0 bridgehead atoms. The van der Waals surface area contributed by atoms with Gasteiger partial charge in [0.25, 0.3) is 11.6 Å². The number of carbonyl (C=O) groups excluding carboxylic acids is 1. The highest BCUT2D eigenvalue weighted by molar-refractivity contribution is 9.10. The van der Waals surface area contributed by atoms with Crippen LogP contribution in [0.25, 0.3) is 11.3 Å². The van der Waals surface area contributed by atoms with E-state index in [9.17, 15) is 14.9 Å². The van der Waals surface area contributed by atoms with Crippen LogP contribution >= 0.6 is 38.6 Å². The Balaban J connectivity index is 1.83. The lowest BCUT2D eigenvalue weighted by Crippen LogP contribution is -2.10. The zero-order valence-electron chi connectivity index (χ0n) is 12.3. The lowest BCUT2D eigenvalue weighted by molar-refractivity contribution is -0.385. The number of hydrogen-bond acceptors (Lipinski definition) is 6. The number of rotatable bonds is 4. The van der Waals surface area contributed by atoms with Gasteiger partial charge in [0.2, 0.25) is 0 Å². The molecule has 0 aliphatic carbocycles. The van der Waals surface area contributed by atoms with Crippen molar-refractivity contribution in [2.24, 2.45) is 0 Å². The van der Waals surface area contributed by atoms with Crippen LogP contribution in [0.5, 0.6) is 0 Å². The smallest absolute Gasteiger partial charge is 0.272 e. The maximum absolute atomic E-state index is 12.2. The Kier molecular flexibility index (Phi) is 4.74. The fourth-order valence-corrected chi connectivity index (χ4v) is 4.20. The molecule has 122 valence electrons. The summed E-state index contributed by atoms with van der Waals surface area (Å²) in [4.78, 5) is 27.7. The molecule has 0 atom stereocenters. The van der Waals surface area contributed by atoms with Crippen LogP contribution in [0.15, 0.2) is 39.5 Å². The Bertz CT molecular complexity index is 936. The molecule has 0 radical (unpaired) electrons. The van der Waals surface area contributed by atoms with Crippen molar-refractivity contribution in [1.29, 1.82) is 0 Å². The van der Waals surface area contributed by atoms with Gasteiger partial charge in [-0.3, -0.25) is 20.2 Å². The minimum absolute atomic E-state index is 0.0496. The first kappa shape index (κ1) is 16.7.